The number of para-hydroxylation sites is 2. The van der Waals surface area contributed by atoms with Crippen molar-refractivity contribution >= 4 is 23.3 Å². The molecule has 212 valence electrons. The molecule has 0 saturated heterocycles. The molecule has 5 rings (SSSR count). The predicted octanol–water partition coefficient (Wildman–Crippen LogP) is 6.57. The Hall–Kier alpha value is -4.72. The van der Waals surface area contributed by atoms with Crippen LogP contribution in [0.1, 0.15) is 42.6 Å². The van der Waals surface area contributed by atoms with E-state index in [2.05, 4.69) is 47.1 Å². The number of aryl methyl sites for hydroxylation is 1. The standard InChI is InChI=1S/C33H36N4O4/c1-5-6-17-35(33(39)34-25-19-26(40-3)21-27(20-25)41-4)22-31(38)37-29-11-8-7-10-28(29)36-18-9-12-30(36)32(37)24-15-13-23(2)14-16-24/h7-16,18-21,32H,5-6,17,22H2,1-4H3,(H,34,39). The molecule has 3 aromatic carbocycles. The number of hydrogen-bond acceptors (Lipinski definition) is 4. The number of carbonyl (C=O) groups excluding carboxylic acids is 2. The quantitative estimate of drug-likeness (QED) is 0.255. The van der Waals surface area contributed by atoms with E-state index >= 15 is 0 Å². The van der Waals surface area contributed by atoms with Gasteiger partial charge in [0.2, 0.25) is 5.91 Å². The fourth-order valence-electron chi connectivity index (χ4n) is 5.25. The summed E-state index contributed by atoms with van der Waals surface area (Å²) in [5.41, 5.74) is 5.41. The van der Waals surface area contributed by atoms with Gasteiger partial charge in [0.05, 0.1) is 31.3 Å². The number of hydrogen-bond donors (Lipinski definition) is 1. The van der Waals surface area contributed by atoms with Gasteiger partial charge in [0.15, 0.2) is 0 Å². The van der Waals surface area contributed by atoms with Gasteiger partial charge in [-0.25, -0.2) is 4.79 Å². The molecule has 8 nitrogen and oxygen atoms in total. The summed E-state index contributed by atoms with van der Waals surface area (Å²) in [6, 6.07) is 24.7. The van der Waals surface area contributed by atoms with Crippen molar-refractivity contribution in [3.63, 3.8) is 0 Å². The van der Waals surface area contributed by atoms with E-state index in [-0.39, 0.29) is 24.5 Å². The first-order chi connectivity index (χ1) is 19.9. The molecule has 1 aliphatic rings. The van der Waals surface area contributed by atoms with Gasteiger partial charge in [-0.1, -0.05) is 55.3 Å². The number of benzene rings is 3. The first-order valence-corrected chi connectivity index (χ1v) is 13.9. The number of amides is 3. The number of carbonyl (C=O) groups is 2. The third kappa shape index (κ3) is 5.77. The number of rotatable bonds is 9. The fourth-order valence-corrected chi connectivity index (χ4v) is 5.25. The van der Waals surface area contributed by atoms with E-state index in [1.54, 1.807) is 37.3 Å². The molecule has 4 aromatic rings. The molecule has 1 unspecified atom stereocenters. The smallest absolute Gasteiger partial charge is 0.322 e. The predicted molar refractivity (Wildman–Crippen MR) is 161 cm³/mol. The second-order valence-corrected chi connectivity index (χ2v) is 10.2. The molecule has 1 aliphatic heterocycles. The molecule has 0 aliphatic carbocycles. The molecule has 0 spiro atoms. The third-order valence-corrected chi connectivity index (χ3v) is 7.38. The number of ether oxygens (including phenoxy) is 2. The largest absolute Gasteiger partial charge is 0.497 e. The molecule has 2 heterocycles. The summed E-state index contributed by atoms with van der Waals surface area (Å²) >= 11 is 0. The lowest BCUT2D eigenvalue weighted by molar-refractivity contribution is -0.119. The Balaban J connectivity index is 1.48. The van der Waals surface area contributed by atoms with Crippen LogP contribution in [0, 0.1) is 6.92 Å². The van der Waals surface area contributed by atoms with Crippen LogP contribution in [0.5, 0.6) is 11.5 Å². The zero-order valence-electron chi connectivity index (χ0n) is 24.0. The van der Waals surface area contributed by atoms with Crippen molar-refractivity contribution in [1.82, 2.24) is 9.47 Å². The number of nitrogens with zero attached hydrogens (tertiary/aromatic N) is 3. The minimum atomic E-state index is -0.359. The van der Waals surface area contributed by atoms with E-state index in [1.165, 1.54) is 0 Å². The van der Waals surface area contributed by atoms with Crippen LogP contribution in [0.4, 0.5) is 16.2 Å². The average molecular weight is 553 g/mol. The van der Waals surface area contributed by atoms with Gasteiger partial charge in [-0.3, -0.25) is 9.69 Å². The Kier molecular flexibility index (Phi) is 8.29. The maximum atomic E-state index is 14.3. The zero-order valence-corrected chi connectivity index (χ0v) is 24.0. The summed E-state index contributed by atoms with van der Waals surface area (Å²) in [5.74, 6) is 0.958. The Bertz CT molecular complexity index is 1510. The molecule has 8 heteroatoms. The van der Waals surface area contributed by atoms with E-state index < -0.39 is 0 Å². The lowest BCUT2D eigenvalue weighted by Crippen LogP contribution is -2.48. The number of nitrogens with one attached hydrogen (secondary N) is 1. The zero-order chi connectivity index (χ0) is 28.9. The van der Waals surface area contributed by atoms with Gasteiger partial charge in [0, 0.05) is 36.6 Å². The van der Waals surface area contributed by atoms with Crippen molar-refractivity contribution in [3.8, 4) is 17.2 Å². The van der Waals surface area contributed by atoms with Crippen molar-refractivity contribution in [2.24, 2.45) is 0 Å². The van der Waals surface area contributed by atoms with Crippen molar-refractivity contribution in [2.75, 3.05) is 37.5 Å². The molecule has 41 heavy (non-hydrogen) atoms. The van der Waals surface area contributed by atoms with Crippen LogP contribution in [0.2, 0.25) is 0 Å². The lowest BCUT2D eigenvalue weighted by atomic mass is 9.97. The summed E-state index contributed by atoms with van der Waals surface area (Å²) in [6.07, 6.45) is 3.68. The Morgan fingerprint density at radius 1 is 0.902 bits per heavy atom. The second kappa shape index (κ2) is 12.2. The van der Waals surface area contributed by atoms with Crippen LogP contribution in [0.3, 0.4) is 0 Å². The number of methoxy groups -OCH3 is 2. The van der Waals surface area contributed by atoms with Gasteiger partial charge in [-0.05, 0) is 43.2 Å². The number of anilines is 2. The molecule has 3 amide bonds. The number of urea groups is 1. The maximum Gasteiger partial charge on any atom is 0.322 e. The normalized spacial score (nSPS) is 13.7. The van der Waals surface area contributed by atoms with Gasteiger partial charge >= 0.3 is 6.03 Å². The SMILES string of the molecule is CCCCN(CC(=O)N1c2ccccc2-n2cccc2C1c1ccc(C)cc1)C(=O)Nc1cc(OC)cc(OC)c1. The highest BCUT2D eigenvalue weighted by atomic mass is 16.5. The fraction of sp³-hybridized carbons (Fsp3) is 0.273. The second-order valence-electron chi connectivity index (χ2n) is 10.2. The van der Waals surface area contributed by atoms with Crippen LogP contribution in [0.25, 0.3) is 5.69 Å². The first-order valence-electron chi connectivity index (χ1n) is 13.9. The maximum absolute atomic E-state index is 14.3. The Morgan fingerprint density at radius 3 is 2.24 bits per heavy atom. The van der Waals surface area contributed by atoms with Crippen molar-refractivity contribution in [1.29, 1.82) is 0 Å². The average Bonchev–Trinajstić information content (AvgIpc) is 3.49. The lowest BCUT2D eigenvalue weighted by Gasteiger charge is -2.39. The highest BCUT2D eigenvalue weighted by Crippen LogP contribution is 2.42. The van der Waals surface area contributed by atoms with E-state index in [4.69, 9.17) is 9.47 Å². The molecule has 1 aromatic heterocycles. The molecule has 0 saturated carbocycles. The molecule has 0 bridgehead atoms. The van der Waals surface area contributed by atoms with Crippen molar-refractivity contribution in [3.05, 3.63) is 102 Å². The first kappa shape index (κ1) is 27.8. The number of aromatic nitrogens is 1. The van der Waals surface area contributed by atoms with Crippen molar-refractivity contribution < 1.29 is 19.1 Å². The van der Waals surface area contributed by atoms with Crippen LogP contribution in [-0.2, 0) is 4.79 Å². The van der Waals surface area contributed by atoms with Gasteiger partial charge in [-0.2, -0.15) is 0 Å². The van der Waals surface area contributed by atoms with E-state index in [9.17, 15) is 9.59 Å². The number of fused-ring (bicyclic) bond motifs is 3. The van der Waals surface area contributed by atoms with Gasteiger partial charge in [-0.15, -0.1) is 0 Å². The van der Waals surface area contributed by atoms with Crippen LogP contribution < -0.4 is 19.7 Å². The van der Waals surface area contributed by atoms with E-state index in [0.29, 0.717) is 23.7 Å². The monoisotopic (exact) mass is 552 g/mol. The summed E-state index contributed by atoms with van der Waals surface area (Å²) in [7, 11) is 3.12. The topological polar surface area (TPSA) is 76.0 Å². The molecule has 0 fully saturated rings. The summed E-state index contributed by atoms with van der Waals surface area (Å²) in [4.78, 5) is 31.3. The number of unbranched alkanes of at least 4 members (excludes halogenated alkanes) is 1. The summed E-state index contributed by atoms with van der Waals surface area (Å²) in [5, 5.41) is 2.94. The van der Waals surface area contributed by atoms with E-state index in [0.717, 1.165) is 41.0 Å². The summed E-state index contributed by atoms with van der Waals surface area (Å²) in [6.45, 7) is 4.47. The minimum Gasteiger partial charge on any atom is -0.497 e. The highest BCUT2D eigenvalue weighted by Gasteiger charge is 2.37. The van der Waals surface area contributed by atoms with E-state index in [1.807, 2.05) is 48.4 Å². The van der Waals surface area contributed by atoms with Gasteiger partial charge in [0.25, 0.3) is 0 Å². The Morgan fingerprint density at radius 2 is 1.59 bits per heavy atom. The van der Waals surface area contributed by atoms with Crippen LogP contribution in [-0.4, -0.2) is 48.7 Å². The third-order valence-electron chi connectivity index (χ3n) is 7.38. The molecule has 1 atom stereocenters. The van der Waals surface area contributed by atoms with Gasteiger partial charge < -0.3 is 24.3 Å². The van der Waals surface area contributed by atoms with Crippen LogP contribution >= 0.6 is 0 Å². The molecular formula is C33H36N4O4. The summed E-state index contributed by atoms with van der Waals surface area (Å²) < 4.78 is 12.9. The minimum absolute atomic E-state index is 0.0790. The highest BCUT2D eigenvalue weighted by molar-refractivity contribution is 6.01. The Labute approximate surface area is 241 Å². The molecule has 1 N–H and O–H groups in total. The van der Waals surface area contributed by atoms with Crippen molar-refractivity contribution in [2.45, 2.75) is 32.7 Å². The molecular weight excluding hydrogens is 516 g/mol. The van der Waals surface area contributed by atoms with Crippen LogP contribution in [0.15, 0.2) is 85.1 Å². The van der Waals surface area contributed by atoms with Gasteiger partial charge in [0.1, 0.15) is 24.1 Å². The molecule has 0 radical (unpaired) electrons.